The molecule has 0 saturated carbocycles. The van der Waals surface area contributed by atoms with Crippen LogP contribution in [-0.4, -0.2) is 28.8 Å². The van der Waals surface area contributed by atoms with Crippen molar-refractivity contribution >= 4 is 22.4 Å². The van der Waals surface area contributed by atoms with E-state index in [-0.39, 0.29) is 0 Å². The van der Waals surface area contributed by atoms with Crippen LogP contribution in [0.2, 0.25) is 0 Å². The first-order valence-electron chi connectivity index (χ1n) is 3.62. The molecule has 0 rings (SSSR count). The molecule has 0 spiro atoms. The van der Waals surface area contributed by atoms with Gasteiger partial charge < -0.3 is 5.32 Å². The van der Waals surface area contributed by atoms with E-state index in [1.165, 1.54) is 5.54 Å². The summed E-state index contributed by atoms with van der Waals surface area (Å²) in [5.41, 5.74) is 1.48. The molecule has 0 aromatic heterocycles. The summed E-state index contributed by atoms with van der Waals surface area (Å²) in [6, 6.07) is 0. The predicted octanol–water partition coefficient (Wildman–Crippen LogP) is 1.10. The van der Waals surface area contributed by atoms with Crippen LogP contribution in [0.25, 0.3) is 0 Å². The van der Waals surface area contributed by atoms with Crippen LogP contribution in [-0.2, 0) is 10.8 Å². The van der Waals surface area contributed by atoms with Crippen molar-refractivity contribution in [2.24, 2.45) is 0 Å². The highest BCUT2D eigenvalue weighted by molar-refractivity contribution is 7.84. The first kappa shape index (κ1) is 11.1. The van der Waals surface area contributed by atoms with E-state index in [0.717, 1.165) is 24.6 Å². The molecule has 0 fully saturated rings. The summed E-state index contributed by atoms with van der Waals surface area (Å²) in [4.78, 5) is 0. The van der Waals surface area contributed by atoms with Gasteiger partial charge in [-0.05, 0) is 0 Å². The van der Waals surface area contributed by atoms with Crippen molar-refractivity contribution < 1.29 is 4.21 Å². The van der Waals surface area contributed by atoms with Crippen molar-refractivity contribution in [2.45, 2.75) is 6.92 Å². The van der Waals surface area contributed by atoms with Gasteiger partial charge in [-0.2, -0.15) is 0 Å². The van der Waals surface area contributed by atoms with Crippen LogP contribution in [0.5, 0.6) is 0 Å². The third-order valence-electron chi connectivity index (χ3n) is 1.18. The number of hydrogen-bond donors (Lipinski definition) is 1. The fourth-order valence-electron chi connectivity index (χ4n) is 0.560. The molecular weight excluding hydrogens is 182 g/mol. The lowest BCUT2D eigenvalue weighted by atomic mass is 10.6. The van der Waals surface area contributed by atoms with Gasteiger partial charge in [-0.3, -0.25) is 4.21 Å². The van der Waals surface area contributed by atoms with E-state index < -0.39 is 10.8 Å². The third kappa shape index (κ3) is 8.04. The molecule has 1 N–H and O–H groups in total. The summed E-state index contributed by atoms with van der Waals surface area (Å²) in [6.45, 7) is 3.47. The Balaban J connectivity index is 3.08. The van der Waals surface area contributed by atoms with Crippen molar-refractivity contribution in [3.8, 4) is 0 Å². The highest BCUT2D eigenvalue weighted by Gasteiger charge is 1.92. The molecular formula is C7H14ClNOS. The van der Waals surface area contributed by atoms with Gasteiger partial charge in [0.25, 0.3) is 0 Å². The predicted molar refractivity (Wildman–Crippen MR) is 51.4 cm³/mol. The van der Waals surface area contributed by atoms with E-state index in [1.54, 1.807) is 0 Å². The minimum atomic E-state index is -0.652. The van der Waals surface area contributed by atoms with Crippen LogP contribution in [0.3, 0.4) is 0 Å². The first-order valence-corrected chi connectivity index (χ1v) is 5.54. The second kappa shape index (κ2) is 8.24. The molecule has 0 bridgehead atoms. The minimum Gasteiger partial charge on any atom is -0.312 e. The molecule has 0 aliphatic rings. The lowest BCUT2D eigenvalue weighted by Gasteiger charge is -1.99. The zero-order chi connectivity index (χ0) is 8.53. The Kier molecular flexibility index (Phi) is 8.34. The van der Waals surface area contributed by atoms with Gasteiger partial charge >= 0.3 is 0 Å². The molecule has 0 radical (unpaired) electrons. The molecule has 0 amide bonds. The Morgan fingerprint density at radius 2 is 2.36 bits per heavy atom. The second-order valence-corrected chi connectivity index (χ2v) is 4.12. The van der Waals surface area contributed by atoms with Crippen molar-refractivity contribution in [1.29, 1.82) is 0 Å². The number of hydrogen-bond acceptors (Lipinski definition) is 2. The summed E-state index contributed by atoms with van der Waals surface area (Å²) < 4.78 is 10.9. The molecule has 0 saturated heterocycles. The molecule has 4 heteroatoms. The van der Waals surface area contributed by atoms with Gasteiger partial charge in [0.15, 0.2) is 0 Å². The van der Waals surface area contributed by atoms with Gasteiger partial charge in [-0.15, -0.1) is 0 Å². The lowest BCUT2D eigenvalue weighted by Crippen LogP contribution is -2.20. The molecule has 0 aliphatic heterocycles. The average Bonchev–Trinajstić information content (AvgIpc) is 2.04. The molecule has 66 valence electrons. The monoisotopic (exact) mass is 195 g/mol. The highest BCUT2D eigenvalue weighted by atomic mass is 35.5. The fraction of sp³-hybridized carbons (Fsp3) is 0.714. The molecule has 0 aromatic carbocycles. The molecule has 11 heavy (non-hydrogen) atoms. The van der Waals surface area contributed by atoms with Gasteiger partial charge in [0.05, 0.1) is 0 Å². The summed E-state index contributed by atoms with van der Waals surface area (Å²) in [5.74, 6) is 1.47. The third-order valence-corrected chi connectivity index (χ3v) is 2.66. The van der Waals surface area contributed by atoms with Crippen LogP contribution in [0, 0.1) is 0 Å². The van der Waals surface area contributed by atoms with Crippen LogP contribution < -0.4 is 5.32 Å². The highest BCUT2D eigenvalue weighted by Crippen LogP contribution is 1.79. The number of rotatable bonds is 6. The van der Waals surface area contributed by atoms with E-state index in [4.69, 9.17) is 11.6 Å². The number of nitrogens with one attached hydrogen (secondary N) is 1. The molecule has 1 unspecified atom stereocenters. The van der Waals surface area contributed by atoms with Crippen LogP contribution in [0.15, 0.2) is 11.6 Å². The summed E-state index contributed by atoms with van der Waals surface area (Å²) in [7, 11) is -0.652. The molecule has 0 heterocycles. The SMILES string of the molecule is CCS(=O)CCNC/C=C/Cl. The Morgan fingerprint density at radius 1 is 1.64 bits per heavy atom. The van der Waals surface area contributed by atoms with Crippen molar-refractivity contribution in [1.82, 2.24) is 5.32 Å². The first-order chi connectivity index (χ1) is 5.31. The summed E-state index contributed by atoms with van der Waals surface area (Å²) >= 11 is 5.29. The van der Waals surface area contributed by atoms with Gasteiger partial charge in [0.1, 0.15) is 0 Å². The van der Waals surface area contributed by atoms with Crippen molar-refractivity contribution in [2.75, 3.05) is 24.6 Å². The lowest BCUT2D eigenvalue weighted by molar-refractivity contribution is 0.679. The second-order valence-electron chi connectivity index (χ2n) is 2.00. The smallest absolute Gasteiger partial charge is 0.0360 e. The maximum absolute atomic E-state index is 10.9. The van der Waals surface area contributed by atoms with Gasteiger partial charge in [-0.25, -0.2) is 0 Å². The average molecular weight is 196 g/mol. The molecule has 1 atom stereocenters. The van der Waals surface area contributed by atoms with E-state index >= 15 is 0 Å². The van der Waals surface area contributed by atoms with Gasteiger partial charge in [0, 0.05) is 40.9 Å². The van der Waals surface area contributed by atoms with E-state index in [1.807, 2.05) is 13.0 Å². The molecule has 0 aromatic rings. The Hall–Kier alpha value is 0.140. The Bertz CT molecular complexity index is 138. The van der Waals surface area contributed by atoms with Crippen molar-refractivity contribution in [3.63, 3.8) is 0 Å². The topological polar surface area (TPSA) is 29.1 Å². The summed E-state index contributed by atoms with van der Waals surface area (Å²) in [5, 5.41) is 3.09. The quantitative estimate of drug-likeness (QED) is 0.644. The molecule has 2 nitrogen and oxygen atoms in total. The van der Waals surface area contributed by atoms with Gasteiger partial charge in [0.2, 0.25) is 0 Å². The standard InChI is InChI=1S/C7H14ClNOS/c1-2-11(10)7-6-9-5-3-4-8/h3-4,9H,2,5-7H2,1H3/b4-3+. The Labute approximate surface area is 75.5 Å². The largest absolute Gasteiger partial charge is 0.312 e. The minimum absolute atomic E-state index is 0.652. The zero-order valence-electron chi connectivity index (χ0n) is 6.68. The van der Waals surface area contributed by atoms with E-state index in [2.05, 4.69) is 5.32 Å². The van der Waals surface area contributed by atoms with E-state index in [9.17, 15) is 4.21 Å². The number of halogens is 1. The van der Waals surface area contributed by atoms with Crippen molar-refractivity contribution in [3.05, 3.63) is 11.6 Å². The normalized spacial score (nSPS) is 14.0. The Morgan fingerprint density at radius 3 is 2.91 bits per heavy atom. The molecule has 0 aliphatic carbocycles. The van der Waals surface area contributed by atoms with Crippen LogP contribution in [0.4, 0.5) is 0 Å². The van der Waals surface area contributed by atoms with Crippen LogP contribution in [0.1, 0.15) is 6.92 Å². The van der Waals surface area contributed by atoms with E-state index in [0.29, 0.717) is 0 Å². The fourth-order valence-corrected chi connectivity index (χ4v) is 1.31. The zero-order valence-corrected chi connectivity index (χ0v) is 8.25. The maximum Gasteiger partial charge on any atom is 0.0360 e. The summed E-state index contributed by atoms with van der Waals surface area (Å²) in [6.07, 6.45) is 1.82. The maximum atomic E-state index is 10.9. The van der Waals surface area contributed by atoms with Gasteiger partial charge in [-0.1, -0.05) is 24.6 Å². The van der Waals surface area contributed by atoms with Crippen LogP contribution >= 0.6 is 11.6 Å².